The van der Waals surface area contributed by atoms with Crippen LogP contribution in [0.25, 0.3) is 10.9 Å². The number of rotatable bonds is 2. The first-order chi connectivity index (χ1) is 8.24. The van der Waals surface area contributed by atoms with Crippen LogP contribution in [0, 0.1) is 0 Å². The zero-order valence-corrected chi connectivity index (χ0v) is 9.58. The van der Waals surface area contributed by atoms with Gasteiger partial charge in [-0.1, -0.05) is 11.8 Å². The highest BCUT2D eigenvalue weighted by atomic mass is 32.2. The minimum atomic E-state index is -0.324. The number of carbonyl (C=O) groups excluding carboxylic acids is 2. The molecule has 0 spiro atoms. The summed E-state index contributed by atoms with van der Waals surface area (Å²) in [5.74, 6) is -0.205. The largest absolute Gasteiger partial charge is 0.360 e. The third kappa shape index (κ3) is 1.80. The second-order valence-corrected chi connectivity index (χ2v) is 5.00. The molecule has 0 bridgehead atoms. The Morgan fingerprint density at radius 3 is 3.06 bits per heavy atom. The lowest BCUT2D eigenvalue weighted by Crippen LogP contribution is -2.25. The fraction of sp³-hybridized carbons (Fsp3) is 0.182. The number of nitrogens with one attached hydrogen (secondary N) is 2. The number of aromatic nitrogens is 2. The minimum Gasteiger partial charge on any atom is -0.360 e. The van der Waals surface area contributed by atoms with Crippen molar-refractivity contribution in [3.63, 3.8) is 0 Å². The number of pyridine rings is 1. The molecule has 2 N–H and O–H groups in total. The van der Waals surface area contributed by atoms with Gasteiger partial charge in [0, 0.05) is 17.8 Å². The Morgan fingerprint density at radius 1 is 1.41 bits per heavy atom. The van der Waals surface area contributed by atoms with Crippen molar-refractivity contribution in [2.24, 2.45) is 0 Å². The molecule has 0 aliphatic carbocycles. The van der Waals surface area contributed by atoms with Crippen LogP contribution in [0.1, 0.15) is 5.56 Å². The Morgan fingerprint density at radius 2 is 2.29 bits per heavy atom. The Bertz CT molecular complexity index is 608. The molecule has 1 aliphatic heterocycles. The maximum Gasteiger partial charge on any atom is 0.286 e. The summed E-state index contributed by atoms with van der Waals surface area (Å²) < 4.78 is 0. The number of hydrogen-bond donors (Lipinski definition) is 2. The fourth-order valence-corrected chi connectivity index (χ4v) is 2.78. The van der Waals surface area contributed by atoms with E-state index in [4.69, 9.17) is 0 Å². The molecule has 2 amide bonds. The number of aromatic amines is 1. The van der Waals surface area contributed by atoms with Gasteiger partial charge in [0.2, 0.25) is 5.91 Å². The average molecular weight is 247 g/mol. The van der Waals surface area contributed by atoms with Crippen molar-refractivity contribution in [2.45, 2.75) is 11.7 Å². The summed E-state index contributed by atoms with van der Waals surface area (Å²) in [4.78, 5) is 29.7. The number of imide groups is 1. The molecule has 17 heavy (non-hydrogen) atoms. The number of nitrogens with zero attached hydrogens (tertiary/aromatic N) is 1. The number of H-pyrrole nitrogens is 1. The van der Waals surface area contributed by atoms with Gasteiger partial charge in [-0.25, -0.2) is 0 Å². The summed E-state index contributed by atoms with van der Waals surface area (Å²) in [6, 6.07) is 1.90. The molecule has 1 unspecified atom stereocenters. The molecule has 3 heterocycles. The SMILES string of the molecule is O=C1NC(=O)C(Cc2c[nH]c3cnccc23)S1. The molecule has 86 valence electrons. The van der Waals surface area contributed by atoms with E-state index in [9.17, 15) is 9.59 Å². The zero-order chi connectivity index (χ0) is 11.8. The van der Waals surface area contributed by atoms with Crippen LogP contribution in [0.15, 0.2) is 24.7 Å². The maximum absolute atomic E-state index is 11.5. The zero-order valence-electron chi connectivity index (χ0n) is 8.77. The predicted molar refractivity (Wildman–Crippen MR) is 64.7 cm³/mol. The molecule has 0 saturated carbocycles. The van der Waals surface area contributed by atoms with Gasteiger partial charge in [0.15, 0.2) is 0 Å². The normalized spacial score (nSPS) is 19.9. The lowest BCUT2D eigenvalue weighted by Gasteiger charge is -2.03. The first-order valence-corrected chi connectivity index (χ1v) is 6.03. The van der Waals surface area contributed by atoms with Crippen LogP contribution < -0.4 is 5.32 Å². The van der Waals surface area contributed by atoms with E-state index in [-0.39, 0.29) is 16.4 Å². The first-order valence-electron chi connectivity index (χ1n) is 5.15. The van der Waals surface area contributed by atoms with Crippen LogP contribution in [0.4, 0.5) is 4.79 Å². The van der Waals surface area contributed by atoms with Gasteiger partial charge in [-0.15, -0.1) is 0 Å². The monoisotopic (exact) mass is 247 g/mol. The number of carbonyl (C=O) groups is 2. The van der Waals surface area contributed by atoms with Crippen LogP contribution in [0.3, 0.4) is 0 Å². The Kier molecular flexibility index (Phi) is 2.36. The van der Waals surface area contributed by atoms with Crippen molar-refractivity contribution in [1.29, 1.82) is 0 Å². The molecular weight excluding hydrogens is 238 g/mol. The highest BCUT2D eigenvalue weighted by Crippen LogP contribution is 2.26. The van der Waals surface area contributed by atoms with Crippen LogP contribution in [-0.4, -0.2) is 26.4 Å². The van der Waals surface area contributed by atoms with Gasteiger partial charge in [0.25, 0.3) is 5.24 Å². The van der Waals surface area contributed by atoms with Crippen molar-refractivity contribution in [3.8, 4) is 0 Å². The number of hydrogen-bond acceptors (Lipinski definition) is 4. The third-order valence-corrected chi connectivity index (χ3v) is 3.72. The summed E-state index contributed by atoms with van der Waals surface area (Å²) in [5, 5.41) is 2.75. The molecule has 1 fully saturated rings. The molecule has 1 atom stereocenters. The molecule has 5 nitrogen and oxygen atoms in total. The summed E-state index contributed by atoms with van der Waals surface area (Å²) in [6.07, 6.45) is 5.87. The molecular formula is C11H9N3O2S. The number of fused-ring (bicyclic) bond motifs is 1. The van der Waals surface area contributed by atoms with Gasteiger partial charge in [-0.2, -0.15) is 0 Å². The van der Waals surface area contributed by atoms with E-state index in [2.05, 4.69) is 15.3 Å². The van der Waals surface area contributed by atoms with Gasteiger partial charge >= 0.3 is 0 Å². The molecule has 2 aromatic heterocycles. The van der Waals surface area contributed by atoms with Crippen molar-refractivity contribution in [3.05, 3.63) is 30.2 Å². The third-order valence-electron chi connectivity index (χ3n) is 2.74. The minimum absolute atomic E-state index is 0.205. The first kappa shape index (κ1) is 10.3. The molecule has 2 aromatic rings. The van der Waals surface area contributed by atoms with Gasteiger partial charge in [0.1, 0.15) is 0 Å². The smallest absolute Gasteiger partial charge is 0.286 e. The van der Waals surface area contributed by atoms with Gasteiger partial charge in [-0.05, 0) is 18.1 Å². The predicted octanol–water partition coefficient (Wildman–Crippen LogP) is 1.46. The van der Waals surface area contributed by atoms with Crippen LogP contribution in [-0.2, 0) is 11.2 Å². The lowest BCUT2D eigenvalue weighted by atomic mass is 10.1. The lowest BCUT2D eigenvalue weighted by molar-refractivity contribution is -0.118. The highest BCUT2D eigenvalue weighted by molar-refractivity contribution is 8.15. The van der Waals surface area contributed by atoms with E-state index in [1.165, 1.54) is 0 Å². The maximum atomic E-state index is 11.5. The standard InChI is InChI=1S/C11H9N3O2S/c15-10-9(17-11(16)14-10)3-6-4-13-8-5-12-2-1-7(6)8/h1-2,4-5,9,13H,3H2,(H,14,15,16). The number of amides is 2. The summed E-state index contributed by atoms with van der Waals surface area (Å²) in [7, 11) is 0. The molecule has 0 radical (unpaired) electrons. The van der Waals surface area contributed by atoms with E-state index in [0.29, 0.717) is 6.42 Å². The molecule has 3 rings (SSSR count). The Labute approximate surface area is 101 Å². The van der Waals surface area contributed by atoms with E-state index >= 15 is 0 Å². The quantitative estimate of drug-likeness (QED) is 0.842. The topological polar surface area (TPSA) is 74.8 Å². The van der Waals surface area contributed by atoms with Crippen molar-refractivity contribution < 1.29 is 9.59 Å². The molecule has 1 saturated heterocycles. The molecule has 0 aromatic carbocycles. The van der Waals surface area contributed by atoms with Crippen LogP contribution in [0.2, 0.25) is 0 Å². The second kappa shape index (κ2) is 3.89. The number of thioether (sulfide) groups is 1. The Hall–Kier alpha value is -1.82. The summed E-state index contributed by atoms with van der Waals surface area (Å²) >= 11 is 1.05. The molecule has 1 aliphatic rings. The van der Waals surface area contributed by atoms with Crippen molar-refractivity contribution in [2.75, 3.05) is 0 Å². The molecule has 6 heteroatoms. The van der Waals surface area contributed by atoms with Crippen molar-refractivity contribution >= 4 is 33.8 Å². The summed E-state index contributed by atoms with van der Waals surface area (Å²) in [6.45, 7) is 0. The average Bonchev–Trinajstić information content (AvgIpc) is 2.85. The van der Waals surface area contributed by atoms with Gasteiger partial charge in [0.05, 0.1) is 17.0 Å². The Balaban J connectivity index is 1.90. The van der Waals surface area contributed by atoms with Gasteiger partial charge < -0.3 is 4.98 Å². The van der Waals surface area contributed by atoms with Crippen molar-refractivity contribution in [1.82, 2.24) is 15.3 Å². The van der Waals surface area contributed by atoms with E-state index < -0.39 is 0 Å². The van der Waals surface area contributed by atoms with E-state index in [1.54, 1.807) is 12.4 Å². The summed E-state index contributed by atoms with van der Waals surface area (Å²) in [5.41, 5.74) is 1.97. The second-order valence-electron chi connectivity index (χ2n) is 3.82. The highest BCUT2D eigenvalue weighted by Gasteiger charge is 2.31. The van der Waals surface area contributed by atoms with E-state index in [0.717, 1.165) is 28.2 Å². The van der Waals surface area contributed by atoms with Crippen LogP contribution >= 0.6 is 11.8 Å². The van der Waals surface area contributed by atoms with Gasteiger partial charge in [-0.3, -0.25) is 19.9 Å². The van der Waals surface area contributed by atoms with E-state index in [1.807, 2.05) is 12.3 Å². The fourth-order valence-electron chi connectivity index (χ4n) is 1.93. The van der Waals surface area contributed by atoms with Crippen LogP contribution in [0.5, 0.6) is 0 Å².